The van der Waals surface area contributed by atoms with Crippen LogP contribution in [0.3, 0.4) is 0 Å². The lowest BCUT2D eigenvalue weighted by Gasteiger charge is -1.88. The van der Waals surface area contributed by atoms with Crippen molar-refractivity contribution < 1.29 is 119 Å². The molecule has 0 saturated heterocycles. The fourth-order valence-corrected chi connectivity index (χ4v) is 6.97. The van der Waals surface area contributed by atoms with Gasteiger partial charge in [-0.25, -0.2) is 57.5 Å². The molecule has 0 bridgehead atoms. The van der Waals surface area contributed by atoms with E-state index in [-0.39, 0.29) is 0 Å². The van der Waals surface area contributed by atoms with E-state index in [1.165, 1.54) is 0 Å². The molecule has 0 amide bonds. The first-order chi connectivity index (χ1) is 51.7. The van der Waals surface area contributed by atoms with Crippen molar-refractivity contribution in [1.82, 2.24) is 0 Å². The highest BCUT2D eigenvalue weighted by Gasteiger charge is 2.04. The Bertz CT molecular complexity index is 3510. The molecule has 24 heteroatoms. The largest absolute Gasteiger partial charge is 0.478 e. The number of benzene rings is 12. The first kappa shape index (κ1) is 90.3. The van der Waals surface area contributed by atoms with Gasteiger partial charge < -0.3 is 61.3 Å². The summed E-state index contributed by atoms with van der Waals surface area (Å²) in [5.41, 5.74) is 3.97. The van der Waals surface area contributed by atoms with E-state index in [2.05, 4.69) is 0 Å². The quantitative estimate of drug-likeness (QED) is 0.0540. The highest BCUT2D eigenvalue weighted by molar-refractivity contribution is 5.92. The van der Waals surface area contributed by atoms with Crippen molar-refractivity contribution in [3.05, 3.63) is 431 Å². The zero-order valence-corrected chi connectivity index (χ0v) is 56.9. The number of hydrogen-bond donors (Lipinski definition) is 12. The van der Waals surface area contributed by atoms with Gasteiger partial charge in [-0.3, -0.25) is 0 Å². The van der Waals surface area contributed by atoms with Crippen LogP contribution in [0.4, 0.5) is 0 Å². The highest BCUT2D eigenvalue weighted by atomic mass is 16.4. The van der Waals surface area contributed by atoms with Gasteiger partial charge in [0.25, 0.3) is 0 Å². The minimum absolute atomic E-state index is 0.331. The van der Waals surface area contributed by atoms with E-state index in [4.69, 9.17) is 61.3 Å². The van der Waals surface area contributed by atoms with Crippen molar-refractivity contribution in [3.8, 4) is 0 Å². The molecule has 108 heavy (non-hydrogen) atoms. The van der Waals surface area contributed by atoms with E-state index in [9.17, 15) is 57.5 Å². The molecule has 0 aromatic heterocycles. The lowest BCUT2D eigenvalue weighted by atomic mass is 10.2. The number of rotatable bonds is 12. The van der Waals surface area contributed by atoms with Crippen LogP contribution in [0, 0.1) is 0 Å². The first-order valence-corrected chi connectivity index (χ1v) is 31.1. The van der Waals surface area contributed by atoms with Crippen LogP contribution in [-0.4, -0.2) is 133 Å². The van der Waals surface area contributed by atoms with Crippen molar-refractivity contribution in [2.24, 2.45) is 0 Å². The molecule has 0 saturated carbocycles. The first-order valence-electron chi connectivity index (χ1n) is 31.1. The molecule has 24 nitrogen and oxygen atoms in total. The third-order valence-corrected chi connectivity index (χ3v) is 12.2. The molecular weight excluding hydrogens is 1390 g/mol. The van der Waals surface area contributed by atoms with Crippen molar-refractivity contribution in [3.63, 3.8) is 0 Å². The number of hydrogen-bond acceptors (Lipinski definition) is 12. The van der Waals surface area contributed by atoms with Crippen molar-refractivity contribution in [2.75, 3.05) is 0 Å². The molecule has 12 rings (SSSR count). The number of carbonyl (C=O) groups is 12. The highest BCUT2D eigenvalue weighted by Crippen LogP contribution is 2.04. The van der Waals surface area contributed by atoms with Gasteiger partial charge in [0.05, 0.1) is 66.8 Å². The van der Waals surface area contributed by atoms with Crippen LogP contribution in [0.15, 0.2) is 364 Å². The Morgan fingerprint density at radius 1 is 0.102 bits per heavy atom. The van der Waals surface area contributed by atoms with Gasteiger partial charge in [0, 0.05) is 0 Å². The summed E-state index contributed by atoms with van der Waals surface area (Å²) in [6.45, 7) is 0. The lowest BCUT2D eigenvalue weighted by molar-refractivity contribution is 0.0686. The maximum Gasteiger partial charge on any atom is 0.335 e. The summed E-state index contributed by atoms with van der Waals surface area (Å²) >= 11 is 0. The molecule has 0 fully saturated rings. The van der Waals surface area contributed by atoms with Crippen molar-refractivity contribution in [2.45, 2.75) is 0 Å². The van der Waals surface area contributed by atoms with Crippen LogP contribution in [-0.2, 0) is 0 Å². The Morgan fingerprint density at radius 2 is 0.148 bits per heavy atom. The molecule has 0 aliphatic rings. The zero-order chi connectivity index (χ0) is 80.3. The third kappa shape index (κ3) is 43.7. The minimum Gasteiger partial charge on any atom is -0.478 e. The molecule has 0 spiro atoms. The summed E-state index contributed by atoms with van der Waals surface area (Å²) in [6, 6.07) is 99.5. The summed E-state index contributed by atoms with van der Waals surface area (Å²) < 4.78 is 0. The average Bonchev–Trinajstić information content (AvgIpc) is 2.60. The summed E-state index contributed by atoms with van der Waals surface area (Å²) in [5, 5.41) is 101. The average molecular weight is 1470 g/mol. The van der Waals surface area contributed by atoms with E-state index in [1.807, 2.05) is 0 Å². The third-order valence-electron chi connectivity index (χ3n) is 12.2. The summed E-state index contributed by atoms with van der Waals surface area (Å²) in [6.07, 6.45) is 0. The predicted octanol–water partition coefficient (Wildman–Crippen LogP) is 16.6. The Balaban J connectivity index is 0.000000589. The van der Waals surface area contributed by atoms with Gasteiger partial charge in [-0.1, -0.05) is 218 Å². The number of carboxylic acid groups (broad SMARTS) is 12. The van der Waals surface area contributed by atoms with Crippen LogP contribution in [0.5, 0.6) is 0 Å². The zero-order valence-electron chi connectivity index (χ0n) is 56.9. The maximum atomic E-state index is 10.2. The summed E-state index contributed by atoms with van der Waals surface area (Å²) in [4.78, 5) is 122. The fraction of sp³-hybridized carbons (Fsp3) is 0. The van der Waals surface area contributed by atoms with Crippen LogP contribution in [0.1, 0.15) is 124 Å². The van der Waals surface area contributed by atoms with E-state index >= 15 is 0 Å². The second-order valence-corrected chi connectivity index (χ2v) is 20.1. The summed E-state index contributed by atoms with van der Waals surface area (Å²) in [5.74, 6) is -10.5. The topological polar surface area (TPSA) is 448 Å². The molecule has 552 valence electrons. The second-order valence-electron chi connectivity index (χ2n) is 20.1. The number of aromatic carboxylic acids is 12. The second kappa shape index (κ2) is 55.0. The minimum atomic E-state index is -0.879. The van der Waals surface area contributed by atoms with E-state index in [1.54, 1.807) is 364 Å². The van der Waals surface area contributed by atoms with Crippen molar-refractivity contribution >= 4 is 71.6 Å². The van der Waals surface area contributed by atoms with Crippen LogP contribution in [0.2, 0.25) is 0 Å². The Morgan fingerprint density at radius 3 is 0.176 bits per heavy atom. The Kier molecular flexibility index (Phi) is 46.0. The fourth-order valence-electron chi connectivity index (χ4n) is 6.97. The molecule has 0 aliphatic heterocycles. The normalized spacial score (nSPS) is 8.89. The van der Waals surface area contributed by atoms with Gasteiger partial charge in [-0.15, -0.1) is 0 Å². The van der Waals surface area contributed by atoms with Crippen LogP contribution in [0.25, 0.3) is 0 Å². The standard InChI is InChI=1S/12C7H6O2/c12*8-7(9)6-4-2-1-3-5-6/h12*1-5H,(H,8,9). The Hall–Kier alpha value is -15.7. The monoisotopic (exact) mass is 1460 g/mol. The molecular formula is C84H72O24. The van der Waals surface area contributed by atoms with Gasteiger partial charge >= 0.3 is 71.6 Å². The smallest absolute Gasteiger partial charge is 0.335 e. The molecule has 12 aromatic carbocycles. The van der Waals surface area contributed by atoms with Gasteiger partial charge in [-0.05, 0) is 146 Å². The molecule has 0 heterocycles. The van der Waals surface area contributed by atoms with E-state index in [0.29, 0.717) is 66.8 Å². The predicted molar refractivity (Wildman–Crippen MR) is 401 cm³/mol. The van der Waals surface area contributed by atoms with E-state index in [0.717, 1.165) is 0 Å². The van der Waals surface area contributed by atoms with E-state index < -0.39 is 71.6 Å². The van der Waals surface area contributed by atoms with Gasteiger partial charge in [0.2, 0.25) is 0 Å². The molecule has 12 N–H and O–H groups in total. The molecule has 12 aromatic rings. The summed E-state index contributed by atoms with van der Waals surface area (Å²) in [7, 11) is 0. The van der Waals surface area contributed by atoms with Crippen LogP contribution < -0.4 is 0 Å². The Labute approximate surface area is 618 Å². The van der Waals surface area contributed by atoms with Gasteiger partial charge in [-0.2, -0.15) is 0 Å². The SMILES string of the molecule is O=C(O)c1ccccc1.O=C(O)c1ccccc1.O=C(O)c1ccccc1.O=C(O)c1ccccc1.O=C(O)c1ccccc1.O=C(O)c1ccccc1.O=C(O)c1ccccc1.O=C(O)c1ccccc1.O=C(O)c1ccccc1.O=C(O)c1ccccc1.O=C(O)c1ccccc1.O=C(O)c1ccccc1. The van der Waals surface area contributed by atoms with Crippen LogP contribution >= 0.6 is 0 Å². The lowest BCUT2D eigenvalue weighted by Crippen LogP contribution is -1.93. The molecule has 0 atom stereocenters. The molecule has 0 unspecified atom stereocenters. The number of carboxylic acids is 12. The van der Waals surface area contributed by atoms with Gasteiger partial charge in [0.15, 0.2) is 0 Å². The van der Waals surface area contributed by atoms with Gasteiger partial charge in [0.1, 0.15) is 0 Å². The molecule has 0 aliphatic carbocycles. The van der Waals surface area contributed by atoms with Crippen molar-refractivity contribution in [1.29, 1.82) is 0 Å². The molecule has 0 radical (unpaired) electrons. The maximum absolute atomic E-state index is 10.2.